The van der Waals surface area contributed by atoms with Crippen LogP contribution >= 0.6 is 0 Å². The second-order valence-electron chi connectivity index (χ2n) is 5.78. The lowest BCUT2D eigenvalue weighted by molar-refractivity contribution is -0.185. The number of halogens is 3. The molecule has 1 unspecified atom stereocenters. The molecule has 1 spiro atoms. The monoisotopic (exact) mass is 265 g/mol. The zero-order chi connectivity index (χ0) is 13.2. The van der Waals surface area contributed by atoms with E-state index in [9.17, 15) is 13.2 Å². The first-order valence-corrected chi connectivity index (χ1v) is 6.74. The Morgan fingerprint density at radius 2 is 1.94 bits per heavy atom. The van der Waals surface area contributed by atoms with Crippen molar-refractivity contribution in [3.05, 3.63) is 0 Å². The lowest BCUT2D eigenvalue weighted by Gasteiger charge is -2.30. The lowest BCUT2D eigenvalue weighted by Crippen LogP contribution is -2.30. The molecule has 2 rings (SSSR count). The number of nitrogens with one attached hydrogen (secondary N) is 1. The fourth-order valence-corrected chi connectivity index (χ4v) is 3.30. The van der Waals surface area contributed by atoms with E-state index >= 15 is 0 Å². The van der Waals surface area contributed by atoms with Crippen molar-refractivity contribution < 1.29 is 17.9 Å². The van der Waals surface area contributed by atoms with Gasteiger partial charge in [0.1, 0.15) is 0 Å². The molecule has 0 amide bonds. The average Bonchev–Trinajstić information content (AvgIpc) is 2.97. The summed E-state index contributed by atoms with van der Waals surface area (Å²) in [4.78, 5) is 0. The Morgan fingerprint density at radius 1 is 1.28 bits per heavy atom. The molecule has 2 aliphatic rings. The van der Waals surface area contributed by atoms with Crippen LogP contribution < -0.4 is 5.32 Å². The van der Waals surface area contributed by atoms with Gasteiger partial charge in [-0.2, -0.15) is 13.2 Å². The zero-order valence-electron chi connectivity index (χ0n) is 10.9. The van der Waals surface area contributed by atoms with E-state index in [1.807, 2.05) is 0 Å². The molecule has 2 saturated carbocycles. The van der Waals surface area contributed by atoms with Crippen LogP contribution in [0.1, 0.15) is 32.1 Å². The summed E-state index contributed by atoms with van der Waals surface area (Å²) in [6.45, 7) is 2.45. The normalized spacial score (nSPS) is 36.0. The van der Waals surface area contributed by atoms with Crippen molar-refractivity contribution in [2.45, 2.75) is 38.3 Å². The van der Waals surface area contributed by atoms with E-state index in [4.69, 9.17) is 4.74 Å². The van der Waals surface area contributed by atoms with Gasteiger partial charge in [-0.1, -0.05) is 0 Å². The second-order valence-corrected chi connectivity index (χ2v) is 5.78. The molecule has 0 bridgehead atoms. The predicted molar refractivity (Wildman–Crippen MR) is 63.3 cm³/mol. The van der Waals surface area contributed by atoms with Gasteiger partial charge in [0.05, 0.1) is 12.5 Å². The van der Waals surface area contributed by atoms with E-state index in [0.717, 1.165) is 32.4 Å². The molecule has 0 aromatic heterocycles. The first-order valence-electron chi connectivity index (χ1n) is 6.74. The van der Waals surface area contributed by atoms with Crippen molar-refractivity contribution in [2.24, 2.45) is 17.3 Å². The minimum Gasteiger partial charge on any atom is -0.383 e. The van der Waals surface area contributed by atoms with Crippen LogP contribution in [-0.2, 0) is 4.74 Å². The number of ether oxygens (including phenoxy) is 1. The van der Waals surface area contributed by atoms with Crippen LogP contribution in [0.4, 0.5) is 13.2 Å². The predicted octanol–water partition coefficient (Wildman–Crippen LogP) is 2.98. The van der Waals surface area contributed by atoms with Gasteiger partial charge in [0.2, 0.25) is 0 Å². The third kappa shape index (κ3) is 3.18. The Morgan fingerprint density at radius 3 is 2.50 bits per heavy atom. The molecular weight excluding hydrogens is 243 g/mol. The fourth-order valence-electron chi connectivity index (χ4n) is 3.30. The Kier molecular flexibility index (Phi) is 4.22. The molecule has 106 valence electrons. The molecule has 18 heavy (non-hydrogen) atoms. The maximum absolute atomic E-state index is 12.6. The van der Waals surface area contributed by atoms with Crippen LogP contribution in [0, 0.1) is 17.3 Å². The number of rotatable bonds is 5. The molecule has 0 aliphatic heterocycles. The Balaban J connectivity index is 1.68. The molecule has 0 heterocycles. The van der Waals surface area contributed by atoms with Gasteiger partial charge in [0.15, 0.2) is 0 Å². The third-order valence-corrected chi connectivity index (χ3v) is 4.68. The van der Waals surface area contributed by atoms with Gasteiger partial charge in [-0.15, -0.1) is 0 Å². The third-order valence-electron chi connectivity index (χ3n) is 4.68. The van der Waals surface area contributed by atoms with E-state index in [0.29, 0.717) is 25.4 Å². The standard InChI is InChI=1S/C13H22F3NO/c1-18-7-6-17-9-11-8-12(11)4-2-10(3-5-12)13(14,15)16/h10-11,17H,2-9H2,1H3. The minimum absolute atomic E-state index is 0.238. The Bertz CT molecular complexity index is 272. The van der Waals surface area contributed by atoms with Crippen LogP contribution in [0.25, 0.3) is 0 Å². The van der Waals surface area contributed by atoms with Gasteiger partial charge < -0.3 is 10.1 Å². The van der Waals surface area contributed by atoms with E-state index in [2.05, 4.69) is 5.32 Å². The van der Waals surface area contributed by atoms with Crippen LogP contribution in [-0.4, -0.2) is 33.0 Å². The highest BCUT2D eigenvalue weighted by atomic mass is 19.4. The summed E-state index contributed by atoms with van der Waals surface area (Å²) in [7, 11) is 1.67. The van der Waals surface area contributed by atoms with Crippen molar-refractivity contribution in [3.8, 4) is 0 Å². The van der Waals surface area contributed by atoms with Gasteiger partial charge in [-0.3, -0.25) is 0 Å². The van der Waals surface area contributed by atoms with Crippen LogP contribution in [0.15, 0.2) is 0 Å². The van der Waals surface area contributed by atoms with Crippen LogP contribution in [0.3, 0.4) is 0 Å². The van der Waals surface area contributed by atoms with Crippen LogP contribution in [0.5, 0.6) is 0 Å². The van der Waals surface area contributed by atoms with Gasteiger partial charge >= 0.3 is 6.18 Å². The SMILES string of the molecule is COCCNCC1CC12CCC(C(F)(F)F)CC2. The largest absolute Gasteiger partial charge is 0.391 e. The molecule has 1 atom stereocenters. The molecule has 2 fully saturated rings. The van der Waals surface area contributed by atoms with Gasteiger partial charge in [0.25, 0.3) is 0 Å². The first-order chi connectivity index (χ1) is 8.48. The molecule has 2 nitrogen and oxygen atoms in total. The van der Waals surface area contributed by atoms with Gasteiger partial charge in [-0.05, 0) is 50.0 Å². The molecule has 5 heteroatoms. The Labute approximate surface area is 106 Å². The molecule has 2 aliphatic carbocycles. The maximum Gasteiger partial charge on any atom is 0.391 e. The molecule has 1 N–H and O–H groups in total. The summed E-state index contributed by atoms with van der Waals surface area (Å²) in [6, 6.07) is 0. The number of methoxy groups -OCH3 is 1. The van der Waals surface area contributed by atoms with Crippen molar-refractivity contribution in [1.82, 2.24) is 5.32 Å². The van der Waals surface area contributed by atoms with Crippen molar-refractivity contribution in [3.63, 3.8) is 0 Å². The molecule has 0 saturated heterocycles. The highest BCUT2D eigenvalue weighted by Crippen LogP contribution is 2.62. The highest BCUT2D eigenvalue weighted by Gasteiger charge is 2.56. The van der Waals surface area contributed by atoms with Crippen molar-refractivity contribution >= 4 is 0 Å². The lowest BCUT2D eigenvalue weighted by atomic mass is 9.78. The number of alkyl halides is 3. The summed E-state index contributed by atoms with van der Waals surface area (Å²) in [5.74, 6) is -0.464. The smallest absolute Gasteiger partial charge is 0.383 e. The minimum atomic E-state index is -3.98. The zero-order valence-corrected chi connectivity index (χ0v) is 10.9. The van der Waals surface area contributed by atoms with Crippen molar-refractivity contribution in [2.75, 3.05) is 26.8 Å². The summed E-state index contributed by atoms with van der Waals surface area (Å²) >= 11 is 0. The van der Waals surface area contributed by atoms with Gasteiger partial charge in [0, 0.05) is 13.7 Å². The highest BCUT2D eigenvalue weighted by molar-refractivity contribution is 5.05. The van der Waals surface area contributed by atoms with E-state index in [1.54, 1.807) is 7.11 Å². The van der Waals surface area contributed by atoms with E-state index in [1.165, 1.54) is 0 Å². The van der Waals surface area contributed by atoms with E-state index in [-0.39, 0.29) is 5.41 Å². The number of hydrogen-bond acceptors (Lipinski definition) is 2. The van der Waals surface area contributed by atoms with Crippen molar-refractivity contribution in [1.29, 1.82) is 0 Å². The Hall–Kier alpha value is -0.290. The molecule has 0 aromatic rings. The van der Waals surface area contributed by atoms with E-state index < -0.39 is 12.1 Å². The van der Waals surface area contributed by atoms with Crippen LogP contribution in [0.2, 0.25) is 0 Å². The summed E-state index contributed by atoms with van der Waals surface area (Å²) < 4.78 is 42.7. The molecule has 0 radical (unpaired) electrons. The average molecular weight is 265 g/mol. The molecular formula is C13H22F3NO. The maximum atomic E-state index is 12.6. The summed E-state index contributed by atoms with van der Waals surface area (Å²) in [5, 5.41) is 3.31. The fraction of sp³-hybridized carbons (Fsp3) is 1.00. The second kappa shape index (κ2) is 5.37. The quantitative estimate of drug-likeness (QED) is 0.772. The number of hydrogen-bond donors (Lipinski definition) is 1. The summed E-state index contributed by atoms with van der Waals surface area (Å²) in [6.07, 6.45) is -0.696. The molecule has 0 aromatic carbocycles. The van der Waals surface area contributed by atoms with Gasteiger partial charge in [-0.25, -0.2) is 0 Å². The summed E-state index contributed by atoms with van der Waals surface area (Å²) in [5.41, 5.74) is 0.238. The first kappa shape index (κ1) is 14.1. The topological polar surface area (TPSA) is 21.3 Å².